The molecule has 0 atom stereocenters. The van der Waals surface area contributed by atoms with Crippen LogP contribution in [0.2, 0.25) is 0 Å². The van der Waals surface area contributed by atoms with E-state index in [1.165, 1.54) is 11.3 Å². The lowest BCUT2D eigenvalue weighted by molar-refractivity contribution is 0.0628. The molecular weight excluding hydrogens is 422 g/mol. The lowest BCUT2D eigenvalue weighted by Crippen LogP contribution is -2.48. The molecule has 1 saturated heterocycles. The number of carbonyl (C=O) groups excluding carboxylic acids is 1. The average Bonchev–Trinajstić information content (AvgIpc) is 3.30. The molecule has 2 aromatic heterocycles. The van der Waals surface area contributed by atoms with Gasteiger partial charge in [-0.1, -0.05) is 30.3 Å². The van der Waals surface area contributed by atoms with Gasteiger partial charge in [-0.15, -0.1) is 11.3 Å². The van der Waals surface area contributed by atoms with Gasteiger partial charge in [0.1, 0.15) is 0 Å². The fraction of sp³-hybridized carbons (Fsp3) is 0.208. The van der Waals surface area contributed by atoms with Crippen molar-refractivity contribution >= 4 is 33.6 Å². The number of aromatic nitrogens is 2. The van der Waals surface area contributed by atoms with Crippen LogP contribution in [-0.4, -0.2) is 51.3 Å². The first-order valence-electron chi connectivity index (χ1n) is 10.6. The third-order valence-corrected chi connectivity index (χ3v) is 6.37. The van der Waals surface area contributed by atoms with Gasteiger partial charge in [0.2, 0.25) is 0 Å². The number of piperazine rings is 1. The number of benzene rings is 2. The number of fused-ring (bicyclic) bond motifs is 1. The number of carbonyl (C=O) groups is 1. The summed E-state index contributed by atoms with van der Waals surface area (Å²) in [7, 11) is 0. The van der Waals surface area contributed by atoms with Crippen LogP contribution in [0.3, 0.4) is 0 Å². The van der Waals surface area contributed by atoms with E-state index in [4.69, 9.17) is 0 Å². The summed E-state index contributed by atoms with van der Waals surface area (Å²) < 4.78 is 1.56. The normalized spacial score (nSPS) is 14.6. The number of hydrogen-bond donors (Lipinski definition) is 1. The van der Waals surface area contributed by atoms with Crippen LogP contribution in [0.15, 0.2) is 77.0 Å². The number of anilines is 2. The van der Waals surface area contributed by atoms with Crippen molar-refractivity contribution < 1.29 is 4.79 Å². The van der Waals surface area contributed by atoms with Crippen LogP contribution in [-0.2, 0) is 6.54 Å². The molecule has 162 valence electrons. The molecule has 8 heteroatoms. The van der Waals surface area contributed by atoms with E-state index in [0.29, 0.717) is 30.2 Å². The fourth-order valence-electron chi connectivity index (χ4n) is 3.93. The van der Waals surface area contributed by atoms with Gasteiger partial charge in [0, 0.05) is 56.1 Å². The maximum absolute atomic E-state index is 13.2. The summed E-state index contributed by atoms with van der Waals surface area (Å²) >= 11 is 1.46. The van der Waals surface area contributed by atoms with Gasteiger partial charge in [-0.25, -0.2) is 4.98 Å². The Morgan fingerprint density at radius 2 is 1.75 bits per heavy atom. The second-order valence-electron chi connectivity index (χ2n) is 7.75. The molecule has 2 aromatic carbocycles. The van der Waals surface area contributed by atoms with Crippen molar-refractivity contribution in [1.82, 2.24) is 19.2 Å². The molecule has 0 saturated carbocycles. The lowest BCUT2D eigenvalue weighted by atomic mass is 10.1. The smallest absolute Gasteiger partial charge is 0.258 e. The molecule has 0 radical (unpaired) electrons. The number of hydrogen-bond acceptors (Lipinski definition) is 6. The SMILES string of the molecule is O=C(c1ccccc1Nc1ccccc1)N1CCN(Cc2cc(=O)n3ccsc3n2)CC1. The quantitative estimate of drug-likeness (QED) is 0.510. The summed E-state index contributed by atoms with van der Waals surface area (Å²) in [6.45, 7) is 3.37. The summed E-state index contributed by atoms with van der Waals surface area (Å²) in [4.78, 5) is 34.9. The maximum atomic E-state index is 13.2. The van der Waals surface area contributed by atoms with Crippen molar-refractivity contribution in [3.8, 4) is 0 Å². The summed E-state index contributed by atoms with van der Waals surface area (Å²) in [5.74, 6) is 0.0278. The van der Waals surface area contributed by atoms with E-state index in [-0.39, 0.29) is 11.5 Å². The molecule has 0 aliphatic carbocycles. The minimum absolute atomic E-state index is 0.0278. The zero-order valence-electron chi connectivity index (χ0n) is 17.5. The zero-order chi connectivity index (χ0) is 21.9. The summed E-state index contributed by atoms with van der Waals surface area (Å²) in [6, 6.07) is 19.1. The van der Waals surface area contributed by atoms with Crippen LogP contribution >= 0.6 is 11.3 Å². The Hall–Kier alpha value is -3.49. The fourth-order valence-corrected chi connectivity index (χ4v) is 4.67. The van der Waals surface area contributed by atoms with Crippen molar-refractivity contribution in [2.75, 3.05) is 31.5 Å². The van der Waals surface area contributed by atoms with Gasteiger partial charge in [-0.2, -0.15) is 0 Å². The number of para-hydroxylation sites is 2. The highest BCUT2D eigenvalue weighted by molar-refractivity contribution is 7.15. The summed E-state index contributed by atoms with van der Waals surface area (Å²) in [6.07, 6.45) is 1.74. The van der Waals surface area contributed by atoms with Crippen molar-refractivity contribution in [2.45, 2.75) is 6.54 Å². The predicted molar refractivity (Wildman–Crippen MR) is 127 cm³/mol. The van der Waals surface area contributed by atoms with E-state index in [0.717, 1.165) is 30.2 Å². The highest BCUT2D eigenvalue weighted by Crippen LogP contribution is 2.23. The van der Waals surface area contributed by atoms with Crippen LogP contribution in [0, 0.1) is 0 Å². The molecule has 3 heterocycles. The Kier molecular flexibility index (Phi) is 5.70. The Morgan fingerprint density at radius 3 is 2.56 bits per heavy atom. The van der Waals surface area contributed by atoms with Crippen molar-refractivity contribution in [3.05, 3.63) is 93.9 Å². The molecule has 1 fully saturated rings. The van der Waals surface area contributed by atoms with Crippen LogP contribution in [0.25, 0.3) is 4.96 Å². The van der Waals surface area contributed by atoms with Crippen LogP contribution in [0.5, 0.6) is 0 Å². The van der Waals surface area contributed by atoms with Gasteiger partial charge in [-0.05, 0) is 24.3 Å². The molecule has 0 spiro atoms. The van der Waals surface area contributed by atoms with Crippen molar-refractivity contribution in [2.24, 2.45) is 0 Å². The van der Waals surface area contributed by atoms with E-state index in [1.54, 1.807) is 16.7 Å². The molecule has 0 bridgehead atoms. The largest absolute Gasteiger partial charge is 0.355 e. The average molecular weight is 446 g/mol. The van der Waals surface area contributed by atoms with Gasteiger partial charge in [0.05, 0.1) is 16.9 Å². The molecule has 32 heavy (non-hydrogen) atoms. The van der Waals surface area contributed by atoms with E-state index in [1.807, 2.05) is 64.9 Å². The zero-order valence-corrected chi connectivity index (χ0v) is 18.3. The first-order valence-corrected chi connectivity index (χ1v) is 11.4. The van der Waals surface area contributed by atoms with Gasteiger partial charge in [0.15, 0.2) is 4.96 Å². The number of thiazole rings is 1. The molecule has 4 aromatic rings. The van der Waals surface area contributed by atoms with Gasteiger partial charge < -0.3 is 10.2 Å². The molecule has 1 aliphatic heterocycles. The standard InChI is InChI=1S/C24H23N5O2S/c30-22-16-19(26-24-29(22)14-15-32-24)17-27-10-12-28(13-11-27)23(31)20-8-4-5-9-21(20)25-18-6-2-1-3-7-18/h1-9,14-16,25H,10-13,17H2. The highest BCUT2D eigenvalue weighted by atomic mass is 32.1. The van der Waals surface area contributed by atoms with Crippen LogP contribution < -0.4 is 10.9 Å². The van der Waals surface area contributed by atoms with Crippen LogP contribution in [0.1, 0.15) is 16.1 Å². The molecule has 1 amide bonds. The Labute approximate surface area is 189 Å². The third kappa shape index (κ3) is 4.28. The minimum atomic E-state index is -0.0532. The maximum Gasteiger partial charge on any atom is 0.258 e. The molecule has 1 N–H and O–H groups in total. The van der Waals surface area contributed by atoms with Gasteiger partial charge in [-0.3, -0.25) is 18.9 Å². The number of nitrogens with one attached hydrogen (secondary N) is 1. The molecule has 0 unspecified atom stereocenters. The van der Waals surface area contributed by atoms with Crippen LogP contribution in [0.4, 0.5) is 11.4 Å². The van der Waals surface area contributed by atoms with Crippen molar-refractivity contribution in [3.63, 3.8) is 0 Å². The Morgan fingerprint density at radius 1 is 1.00 bits per heavy atom. The first kappa shape index (κ1) is 20.4. The van der Waals surface area contributed by atoms with Gasteiger partial charge >= 0.3 is 0 Å². The second kappa shape index (κ2) is 8.94. The number of rotatable bonds is 5. The lowest BCUT2D eigenvalue weighted by Gasteiger charge is -2.34. The van der Waals surface area contributed by atoms with E-state index in [2.05, 4.69) is 15.2 Å². The van der Waals surface area contributed by atoms with Gasteiger partial charge in [0.25, 0.3) is 11.5 Å². The van der Waals surface area contributed by atoms with E-state index < -0.39 is 0 Å². The summed E-state index contributed by atoms with van der Waals surface area (Å²) in [5, 5.41) is 5.22. The Bertz CT molecular complexity index is 1290. The van der Waals surface area contributed by atoms with E-state index in [9.17, 15) is 9.59 Å². The minimum Gasteiger partial charge on any atom is -0.355 e. The van der Waals surface area contributed by atoms with E-state index >= 15 is 0 Å². The monoisotopic (exact) mass is 445 g/mol. The molecular formula is C24H23N5O2S. The molecule has 5 rings (SSSR count). The topological polar surface area (TPSA) is 70.0 Å². The molecule has 7 nitrogen and oxygen atoms in total. The predicted octanol–water partition coefficient (Wildman–Crippen LogP) is 3.46. The highest BCUT2D eigenvalue weighted by Gasteiger charge is 2.24. The first-order chi connectivity index (χ1) is 15.7. The second-order valence-corrected chi connectivity index (χ2v) is 8.62. The Balaban J connectivity index is 1.24. The van der Waals surface area contributed by atoms with Crippen molar-refractivity contribution in [1.29, 1.82) is 0 Å². The third-order valence-electron chi connectivity index (χ3n) is 5.61. The number of nitrogens with zero attached hydrogens (tertiary/aromatic N) is 4. The number of amides is 1. The molecule has 1 aliphatic rings. The summed E-state index contributed by atoms with van der Waals surface area (Å²) in [5.41, 5.74) is 3.14.